The Morgan fingerprint density at radius 1 is 1.30 bits per heavy atom. The Kier molecular flexibility index (Phi) is 5.31. The van der Waals surface area contributed by atoms with Crippen LogP contribution in [0.25, 0.3) is 10.9 Å². The van der Waals surface area contributed by atoms with E-state index in [1.54, 1.807) is 18.9 Å². The Morgan fingerprint density at radius 3 is 2.63 bits per heavy atom. The summed E-state index contributed by atoms with van der Waals surface area (Å²) < 4.78 is 36.8. The van der Waals surface area contributed by atoms with Gasteiger partial charge in [-0.1, -0.05) is 0 Å². The van der Waals surface area contributed by atoms with E-state index in [2.05, 4.69) is 0 Å². The largest absolute Gasteiger partial charge is 0.385 e. The summed E-state index contributed by atoms with van der Waals surface area (Å²) in [5.74, 6) is 4.44. The fourth-order valence-corrected chi connectivity index (χ4v) is 4.50. The molecular formula is C20H27F2N5O3. The molecular weight excluding hydrogens is 396 g/mol. The topological polar surface area (TPSA) is 109 Å². The molecule has 2 aromatic rings. The lowest BCUT2D eigenvalue weighted by Gasteiger charge is -2.24. The molecule has 0 amide bonds. The predicted molar refractivity (Wildman–Crippen MR) is 111 cm³/mol. The van der Waals surface area contributed by atoms with Gasteiger partial charge in [0.15, 0.2) is 0 Å². The number of nitrogens with zero attached hydrogens (tertiary/aromatic N) is 3. The minimum Gasteiger partial charge on any atom is -0.385 e. The van der Waals surface area contributed by atoms with Crippen LogP contribution in [0.1, 0.15) is 30.9 Å². The Morgan fingerprint density at radius 2 is 2.00 bits per heavy atom. The van der Waals surface area contributed by atoms with Crippen LogP contribution in [0.3, 0.4) is 0 Å². The first-order chi connectivity index (χ1) is 14.3. The van der Waals surface area contributed by atoms with E-state index in [-0.39, 0.29) is 29.5 Å². The number of ether oxygens (including phenoxy) is 1. The molecule has 2 aliphatic rings. The Balaban J connectivity index is 1.81. The van der Waals surface area contributed by atoms with Gasteiger partial charge in [-0.2, -0.15) is 4.68 Å². The van der Waals surface area contributed by atoms with Crippen LogP contribution < -0.4 is 27.7 Å². The van der Waals surface area contributed by atoms with E-state index < -0.39 is 29.2 Å². The number of nitrogens with two attached hydrogens (primary N) is 2. The lowest BCUT2D eigenvalue weighted by atomic mass is 9.96. The molecule has 1 saturated heterocycles. The SMILES string of the molecule is COCCC(N)C1CN(c2cc(F)c3c(=O)n(N)c(=O)n(C4CC4)c3c2C)CC1F. The molecule has 164 valence electrons. The van der Waals surface area contributed by atoms with E-state index in [0.29, 0.717) is 35.5 Å². The molecule has 10 heteroatoms. The average Bonchev–Trinajstić information content (AvgIpc) is 3.47. The first kappa shape index (κ1) is 20.8. The van der Waals surface area contributed by atoms with Gasteiger partial charge in [0.2, 0.25) is 0 Å². The number of nitrogen functional groups attached to an aromatic ring is 1. The highest BCUT2D eigenvalue weighted by molar-refractivity contribution is 5.87. The molecule has 1 aliphatic carbocycles. The van der Waals surface area contributed by atoms with Gasteiger partial charge in [0.25, 0.3) is 5.56 Å². The summed E-state index contributed by atoms with van der Waals surface area (Å²) in [5.41, 5.74) is 5.89. The molecule has 4 rings (SSSR count). The second kappa shape index (κ2) is 7.66. The number of benzene rings is 1. The maximum atomic E-state index is 15.1. The van der Waals surface area contributed by atoms with E-state index in [1.165, 1.54) is 10.6 Å². The first-order valence-corrected chi connectivity index (χ1v) is 10.1. The number of halogens is 2. The molecule has 1 aromatic heterocycles. The lowest BCUT2D eigenvalue weighted by molar-refractivity contribution is 0.166. The normalized spacial score (nSPS) is 22.8. The fourth-order valence-electron chi connectivity index (χ4n) is 4.50. The number of methoxy groups -OCH3 is 1. The van der Waals surface area contributed by atoms with E-state index in [4.69, 9.17) is 16.3 Å². The monoisotopic (exact) mass is 423 g/mol. The summed E-state index contributed by atoms with van der Waals surface area (Å²) in [6, 6.07) is 0.729. The first-order valence-electron chi connectivity index (χ1n) is 10.1. The molecule has 2 heterocycles. The highest BCUT2D eigenvalue weighted by Gasteiger charge is 2.38. The maximum Gasteiger partial charge on any atom is 0.350 e. The van der Waals surface area contributed by atoms with E-state index >= 15 is 4.39 Å². The Labute approximate surface area is 172 Å². The fraction of sp³-hybridized carbons (Fsp3) is 0.600. The number of aryl methyl sites for hydroxylation is 1. The number of alkyl halides is 1. The number of fused-ring (bicyclic) bond motifs is 1. The number of anilines is 1. The van der Waals surface area contributed by atoms with Crippen molar-refractivity contribution in [2.45, 2.75) is 44.4 Å². The third-order valence-electron chi connectivity index (χ3n) is 6.31. The predicted octanol–water partition coefficient (Wildman–Crippen LogP) is 0.798. The zero-order valence-electron chi connectivity index (χ0n) is 17.1. The van der Waals surface area contributed by atoms with Gasteiger partial charge in [0.05, 0.1) is 5.52 Å². The molecule has 0 radical (unpaired) electrons. The standard InChI is InChI=1S/C20H27F2N5O3/c1-10-16(25-8-12(14(22)9-25)15(23)5-6-30-2)7-13(21)17-18(10)26(11-3-4-11)20(29)27(24)19(17)28/h7,11-12,14-15H,3-6,8-9,23-24H2,1-2H3. The summed E-state index contributed by atoms with van der Waals surface area (Å²) in [6.45, 7) is 2.55. The van der Waals surface area contributed by atoms with Gasteiger partial charge in [-0.25, -0.2) is 13.6 Å². The van der Waals surface area contributed by atoms with Crippen LogP contribution in [0.15, 0.2) is 15.7 Å². The van der Waals surface area contributed by atoms with Gasteiger partial charge in [0.1, 0.15) is 17.4 Å². The summed E-state index contributed by atoms with van der Waals surface area (Å²) in [4.78, 5) is 26.9. The zero-order chi connectivity index (χ0) is 21.7. The van der Waals surface area contributed by atoms with Crippen molar-refractivity contribution in [2.75, 3.05) is 37.5 Å². The van der Waals surface area contributed by atoms with Crippen LogP contribution >= 0.6 is 0 Å². The Bertz CT molecular complexity index is 1090. The van der Waals surface area contributed by atoms with E-state index in [9.17, 15) is 14.0 Å². The summed E-state index contributed by atoms with van der Waals surface area (Å²) in [7, 11) is 1.57. The average molecular weight is 423 g/mol. The highest BCUT2D eigenvalue weighted by Crippen LogP contribution is 2.39. The van der Waals surface area contributed by atoms with Crippen molar-refractivity contribution < 1.29 is 13.5 Å². The van der Waals surface area contributed by atoms with Crippen molar-refractivity contribution in [3.63, 3.8) is 0 Å². The minimum atomic E-state index is -1.17. The van der Waals surface area contributed by atoms with Crippen molar-refractivity contribution in [2.24, 2.45) is 11.7 Å². The molecule has 3 unspecified atom stereocenters. The minimum absolute atomic E-state index is 0.0682. The third kappa shape index (κ3) is 3.27. The van der Waals surface area contributed by atoms with Gasteiger partial charge in [-0.05, 0) is 37.8 Å². The van der Waals surface area contributed by atoms with Crippen molar-refractivity contribution in [3.8, 4) is 0 Å². The quantitative estimate of drug-likeness (QED) is 0.666. The number of rotatable bonds is 6. The van der Waals surface area contributed by atoms with E-state index in [0.717, 1.165) is 12.8 Å². The molecule has 1 aromatic carbocycles. The van der Waals surface area contributed by atoms with E-state index in [1.807, 2.05) is 0 Å². The smallest absolute Gasteiger partial charge is 0.350 e. The summed E-state index contributed by atoms with van der Waals surface area (Å²) in [5, 5.41) is -0.213. The number of hydrogen-bond donors (Lipinski definition) is 2. The summed E-state index contributed by atoms with van der Waals surface area (Å²) in [6.07, 6.45) is 0.867. The van der Waals surface area contributed by atoms with Gasteiger partial charge in [-0.3, -0.25) is 9.36 Å². The third-order valence-corrected chi connectivity index (χ3v) is 6.31. The molecule has 30 heavy (non-hydrogen) atoms. The number of aromatic nitrogens is 2. The van der Waals surface area contributed by atoms with Gasteiger partial charge >= 0.3 is 5.69 Å². The van der Waals surface area contributed by atoms with Crippen LogP contribution in [0, 0.1) is 18.7 Å². The van der Waals surface area contributed by atoms with Crippen LogP contribution in [0.5, 0.6) is 0 Å². The van der Waals surface area contributed by atoms with Crippen LogP contribution in [0.4, 0.5) is 14.5 Å². The molecule has 8 nitrogen and oxygen atoms in total. The summed E-state index contributed by atoms with van der Waals surface area (Å²) >= 11 is 0. The number of hydrogen-bond acceptors (Lipinski definition) is 6. The molecule has 3 atom stereocenters. The second-order valence-electron chi connectivity index (χ2n) is 8.32. The van der Waals surface area contributed by atoms with Gasteiger partial charge in [-0.15, -0.1) is 0 Å². The van der Waals surface area contributed by atoms with Gasteiger partial charge in [0, 0.05) is 50.5 Å². The molecule has 1 aliphatic heterocycles. The van der Waals surface area contributed by atoms with Crippen LogP contribution in [-0.4, -0.2) is 48.3 Å². The van der Waals surface area contributed by atoms with Crippen molar-refractivity contribution >= 4 is 16.6 Å². The van der Waals surface area contributed by atoms with Crippen molar-refractivity contribution in [3.05, 3.63) is 38.3 Å². The highest BCUT2D eigenvalue weighted by atomic mass is 19.1. The zero-order valence-corrected chi connectivity index (χ0v) is 17.1. The van der Waals surface area contributed by atoms with Gasteiger partial charge < -0.3 is 21.2 Å². The van der Waals surface area contributed by atoms with Crippen molar-refractivity contribution in [1.29, 1.82) is 0 Å². The molecule has 1 saturated carbocycles. The Hall–Kier alpha value is -2.46. The molecule has 2 fully saturated rings. The molecule has 0 spiro atoms. The lowest BCUT2D eigenvalue weighted by Crippen LogP contribution is -2.45. The maximum absolute atomic E-state index is 15.1. The van der Waals surface area contributed by atoms with Crippen LogP contribution in [0.2, 0.25) is 0 Å². The molecule has 4 N–H and O–H groups in total. The van der Waals surface area contributed by atoms with Crippen LogP contribution in [-0.2, 0) is 4.74 Å². The second-order valence-corrected chi connectivity index (χ2v) is 8.32. The van der Waals surface area contributed by atoms with Crippen molar-refractivity contribution in [1.82, 2.24) is 9.24 Å². The molecule has 0 bridgehead atoms.